The van der Waals surface area contributed by atoms with Crippen molar-refractivity contribution in [3.8, 4) is 44.5 Å². The highest BCUT2D eigenvalue weighted by atomic mass is 32.1. The molecule has 282 valence electrons. The molecule has 10 aromatic rings. The van der Waals surface area contributed by atoms with E-state index in [1.165, 1.54) is 98.1 Å². The molecule has 9 aromatic carbocycles. The zero-order chi connectivity index (χ0) is 39.7. The Morgan fingerprint density at radius 2 is 0.883 bits per heavy atom. The summed E-state index contributed by atoms with van der Waals surface area (Å²) in [5.74, 6) is 0. The van der Waals surface area contributed by atoms with Gasteiger partial charge in [-0.1, -0.05) is 172 Å². The van der Waals surface area contributed by atoms with Crippen molar-refractivity contribution in [3.05, 3.63) is 234 Å². The van der Waals surface area contributed by atoms with Crippen molar-refractivity contribution >= 4 is 48.6 Å². The molecule has 0 saturated heterocycles. The van der Waals surface area contributed by atoms with Crippen LogP contribution >= 0.6 is 11.3 Å². The molecular formula is C58H39NS. The Morgan fingerprint density at radius 1 is 0.367 bits per heavy atom. The number of benzene rings is 9. The number of hydrogen-bond acceptors (Lipinski definition) is 2. The molecule has 0 aliphatic heterocycles. The molecule has 0 fully saturated rings. The van der Waals surface area contributed by atoms with Crippen LogP contribution in [0.5, 0.6) is 0 Å². The third-order valence-corrected chi connectivity index (χ3v) is 15.1. The largest absolute Gasteiger partial charge is 0.310 e. The van der Waals surface area contributed by atoms with Crippen LogP contribution in [0.15, 0.2) is 200 Å². The molecular weight excluding hydrogens is 743 g/mol. The van der Waals surface area contributed by atoms with Crippen molar-refractivity contribution in [1.29, 1.82) is 0 Å². The van der Waals surface area contributed by atoms with Gasteiger partial charge in [-0.05, 0) is 115 Å². The zero-order valence-electron chi connectivity index (χ0n) is 33.4. The van der Waals surface area contributed by atoms with E-state index < -0.39 is 0 Å². The van der Waals surface area contributed by atoms with Crippen LogP contribution in [-0.2, 0) is 10.8 Å². The van der Waals surface area contributed by atoms with Crippen LogP contribution in [0.1, 0.15) is 47.2 Å². The van der Waals surface area contributed by atoms with Crippen molar-refractivity contribution in [2.75, 3.05) is 4.90 Å². The molecule has 1 aromatic heterocycles. The third-order valence-electron chi connectivity index (χ3n) is 13.9. The van der Waals surface area contributed by atoms with Gasteiger partial charge < -0.3 is 4.90 Å². The van der Waals surface area contributed by atoms with E-state index in [0.29, 0.717) is 0 Å². The maximum atomic E-state index is 2.46. The first-order chi connectivity index (χ1) is 29.5. The molecule has 1 heterocycles. The molecule has 1 spiro atoms. The van der Waals surface area contributed by atoms with Crippen molar-refractivity contribution in [2.45, 2.75) is 24.7 Å². The average Bonchev–Trinajstić information content (AvgIpc) is 3.99. The van der Waals surface area contributed by atoms with Crippen LogP contribution in [0.4, 0.5) is 17.1 Å². The Balaban J connectivity index is 1.02. The minimum Gasteiger partial charge on any atom is -0.310 e. The molecule has 0 amide bonds. The lowest BCUT2D eigenvalue weighted by molar-refractivity contribution is 0.660. The van der Waals surface area contributed by atoms with Gasteiger partial charge in [-0.15, -0.1) is 11.3 Å². The second-order valence-corrected chi connectivity index (χ2v) is 18.2. The van der Waals surface area contributed by atoms with Gasteiger partial charge in [-0.3, -0.25) is 0 Å². The SMILES string of the molecule is CC1(C)c2ccccc2-c2ccc(N(c3ccc(-c4ccccc4)cc3)c3ccc4sc5c6c(ccc5c4c3)C3(c4ccccc4-c4ccccc43)c3ccccc3-6)cc21. The van der Waals surface area contributed by atoms with E-state index in [-0.39, 0.29) is 10.8 Å². The molecule has 3 aliphatic carbocycles. The van der Waals surface area contributed by atoms with Crippen molar-refractivity contribution in [1.82, 2.24) is 0 Å². The summed E-state index contributed by atoms with van der Waals surface area (Å²) in [5.41, 5.74) is 21.8. The molecule has 3 aliphatic rings. The van der Waals surface area contributed by atoms with E-state index in [9.17, 15) is 0 Å². The first-order valence-electron chi connectivity index (χ1n) is 21.0. The molecule has 1 nitrogen and oxygen atoms in total. The highest BCUT2D eigenvalue weighted by molar-refractivity contribution is 7.26. The van der Waals surface area contributed by atoms with Gasteiger partial charge in [-0.2, -0.15) is 0 Å². The lowest BCUT2D eigenvalue weighted by atomic mass is 9.70. The first kappa shape index (κ1) is 33.9. The molecule has 13 rings (SSSR count). The van der Waals surface area contributed by atoms with Crippen LogP contribution < -0.4 is 4.90 Å². The number of thiophene rings is 1. The highest BCUT2D eigenvalue weighted by Crippen LogP contribution is 2.64. The number of anilines is 3. The first-order valence-corrected chi connectivity index (χ1v) is 21.8. The predicted molar refractivity (Wildman–Crippen MR) is 253 cm³/mol. The molecule has 0 bridgehead atoms. The number of nitrogens with zero attached hydrogens (tertiary/aromatic N) is 1. The Bertz CT molecular complexity index is 3360. The van der Waals surface area contributed by atoms with Crippen LogP contribution in [0.2, 0.25) is 0 Å². The Labute approximate surface area is 354 Å². The van der Waals surface area contributed by atoms with Gasteiger partial charge in [0.2, 0.25) is 0 Å². The highest BCUT2D eigenvalue weighted by Gasteiger charge is 2.52. The maximum absolute atomic E-state index is 2.46. The van der Waals surface area contributed by atoms with Crippen molar-refractivity contribution in [2.24, 2.45) is 0 Å². The molecule has 60 heavy (non-hydrogen) atoms. The number of fused-ring (bicyclic) bond motifs is 17. The summed E-state index contributed by atoms with van der Waals surface area (Å²) >= 11 is 1.94. The molecule has 0 atom stereocenters. The monoisotopic (exact) mass is 781 g/mol. The second kappa shape index (κ2) is 12.3. The van der Waals surface area contributed by atoms with Gasteiger partial charge in [0, 0.05) is 48.2 Å². The number of rotatable bonds is 4. The standard InChI is InChI=1S/C58H39NS/c1-57(2)48-20-10-6-16-41(48)44-30-28-40(35-53(44)57)59(38-26-24-37(25-27-38)36-14-4-3-5-15-36)39-29-33-54-47(34-39)45-31-32-52-55(56(45)60-54)46-19-9-13-23-51(46)58(52)49-21-11-7-17-42(49)43-18-8-12-22-50(43)58/h3-35H,1-2H3. The van der Waals surface area contributed by atoms with Gasteiger partial charge >= 0.3 is 0 Å². The smallest absolute Gasteiger partial charge is 0.0726 e. The van der Waals surface area contributed by atoms with Crippen LogP contribution in [0, 0.1) is 0 Å². The molecule has 0 saturated carbocycles. The van der Waals surface area contributed by atoms with Gasteiger partial charge in [-0.25, -0.2) is 0 Å². The summed E-state index contributed by atoms with van der Waals surface area (Å²) in [5, 5.41) is 2.60. The topological polar surface area (TPSA) is 3.24 Å². The fourth-order valence-electron chi connectivity index (χ4n) is 11.2. The van der Waals surface area contributed by atoms with Crippen LogP contribution in [-0.4, -0.2) is 0 Å². The quantitative estimate of drug-likeness (QED) is 0.172. The second-order valence-electron chi connectivity index (χ2n) is 17.2. The Morgan fingerprint density at radius 3 is 1.58 bits per heavy atom. The summed E-state index contributed by atoms with van der Waals surface area (Å²) in [6.45, 7) is 4.74. The van der Waals surface area contributed by atoms with E-state index in [1.54, 1.807) is 0 Å². The van der Waals surface area contributed by atoms with E-state index in [1.807, 2.05) is 11.3 Å². The van der Waals surface area contributed by atoms with Gasteiger partial charge in [0.15, 0.2) is 0 Å². The minimum absolute atomic E-state index is 0.104. The van der Waals surface area contributed by atoms with Crippen molar-refractivity contribution in [3.63, 3.8) is 0 Å². The average molecular weight is 782 g/mol. The number of hydrogen-bond donors (Lipinski definition) is 0. The fraction of sp³-hybridized carbons (Fsp3) is 0.0690. The third kappa shape index (κ3) is 4.41. The minimum atomic E-state index is -0.349. The molecule has 0 radical (unpaired) electrons. The summed E-state index contributed by atoms with van der Waals surface area (Å²) in [6.07, 6.45) is 0. The zero-order valence-corrected chi connectivity index (χ0v) is 34.2. The summed E-state index contributed by atoms with van der Waals surface area (Å²) in [6, 6.07) is 75.1. The Kier molecular flexibility index (Phi) is 6.94. The maximum Gasteiger partial charge on any atom is 0.0726 e. The summed E-state index contributed by atoms with van der Waals surface area (Å²) in [4.78, 5) is 2.46. The molecule has 0 unspecified atom stereocenters. The van der Waals surface area contributed by atoms with Crippen LogP contribution in [0.3, 0.4) is 0 Å². The van der Waals surface area contributed by atoms with Gasteiger partial charge in [0.1, 0.15) is 0 Å². The lowest BCUT2D eigenvalue weighted by Crippen LogP contribution is -2.25. The van der Waals surface area contributed by atoms with E-state index in [0.717, 1.165) is 17.1 Å². The van der Waals surface area contributed by atoms with Gasteiger partial charge in [0.05, 0.1) is 5.41 Å². The van der Waals surface area contributed by atoms with E-state index in [2.05, 4.69) is 219 Å². The fourth-order valence-corrected chi connectivity index (χ4v) is 12.5. The normalized spacial score (nSPS) is 14.4. The Hall–Kier alpha value is -7.00. The van der Waals surface area contributed by atoms with Crippen LogP contribution in [0.25, 0.3) is 64.7 Å². The van der Waals surface area contributed by atoms with E-state index >= 15 is 0 Å². The molecule has 2 heteroatoms. The summed E-state index contributed by atoms with van der Waals surface area (Å²) in [7, 11) is 0. The predicted octanol–water partition coefficient (Wildman–Crippen LogP) is 15.8. The summed E-state index contributed by atoms with van der Waals surface area (Å²) < 4.78 is 2.67. The van der Waals surface area contributed by atoms with Crippen molar-refractivity contribution < 1.29 is 0 Å². The van der Waals surface area contributed by atoms with E-state index in [4.69, 9.17) is 0 Å². The molecule has 0 N–H and O–H groups in total. The van der Waals surface area contributed by atoms with Gasteiger partial charge in [0.25, 0.3) is 0 Å². The lowest BCUT2D eigenvalue weighted by Gasteiger charge is -2.30.